The molecule has 28 heavy (non-hydrogen) atoms. The summed E-state index contributed by atoms with van der Waals surface area (Å²) < 4.78 is 26.6. The first-order chi connectivity index (χ1) is 13.3. The number of carbonyl (C=O) groups is 2. The third-order valence-corrected chi connectivity index (χ3v) is 7.79. The zero-order valence-corrected chi connectivity index (χ0v) is 16.0. The SMILES string of the molecule is CN1[C@@H]2C[C@H](S(=O)(=O)c3ccccc3)[C@H]1C(C(=O)O)=C(c1ccccc1)C2=O. The lowest BCUT2D eigenvalue weighted by Crippen LogP contribution is -2.48. The van der Waals surface area contributed by atoms with Crippen LogP contribution in [0, 0.1) is 0 Å². The number of carboxylic acids is 1. The zero-order chi connectivity index (χ0) is 20.1. The molecule has 1 saturated heterocycles. The van der Waals surface area contributed by atoms with E-state index in [-0.39, 0.29) is 28.2 Å². The Kier molecular flexibility index (Phi) is 4.44. The Morgan fingerprint density at radius 1 is 1.04 bits per heavy atom. The number of aliphatic carboxylic acids is 1. The molecule has 144 valence electrons. The maximum Gasteiger partial charge on any atom is 0.333 e. The Labute approximate surface area is 163 Å². The lowest BCUT2D eigenvalue weighted by atomic mass is 9.88. The van der Waals surface area contributed by atoms with Gasteiger partial charge in [-0.05, 0) is 31.2 Å². The van der Waals surface area contributed by atoms with Gasteiger partial charge in [0.05, 0.1) is 27.8 Å². The van der Waals surface area contributed by atoms with Crippen LogP contribution in [-0.4, -0.2) is 54.6 Å². The average Bonchev–Trinajstić information content (AvgIpc) is 2.96. The molecule has 0 saturated carbocycles. The highest BCUT2D eigenvalue weighted by Gasteiger charge is 2.56. The highest BCUT2D eigenvalue weighted by molar-refractivity contribution is 7.92. The number of likely N-dealkylation sites (N-methyl/N-ethyl adjacent to an activating group) is 1. The Balaban J connectivity index is 1.92. The Hall–Kier alpha value is -2.77. The van der Waals surface area contributed by atoms with Crippen molar-refractivity contribution in [1.29, 1.82) is 0 Å². The van der Waals surface area contributed by atoms with E-state index in [0.29, 0.717) is 5.56 Å². The quantitative estimate of drug-likeness (QED) is 0.849. The molecule has 2 aliphatic rings. The normalized spacial score (nSPS) is 25.2. The lowest BCUT2D eigenvalue weighted by molar-refractivity contribution is -0.134. The van der Waals surface area contributed by atoms with Gasteiger partial charge in [-0.2, -0.15) is 0 Å². The van der Waals surface area contributed by atoms with Crippen molar-refractivity contribution in [1.82, 2.24) is 4.90 Å². The standard InChI is InChI=1S/C21H19NO5S/c1-22-15-12-16(28(26,27)14-10-6-3-7-11-14)19(22)18(21(24)25)17(20(15)23)13-8-4-2-5-9-13/h2-11,15-16,19H,12H2,1H3,(H,24,25)/t15-,16+,19+/m1/s1. The number of Topliss-reactive ketones (excluding diaryl/α,β-unsaturated/α-hetero) is 1. The number of benzene rings is 2. The van der Waals surface area contributed by atoms with Gasteiger partial charge >= 0.3 is 5.97 Å². The summed E-state index contributed by atoms with van der Waals surface area (Å²) >= 11 is 0. The van der Waals surface area contributed by atoms with Crippen molar-refractivity contribution in [2.75, 3.05) is 7.05 Å². The Morgan fingerprint density at radius 3 is 2.18 bits per heavy atom. The predicted octanol–water partition coefficient (Wildman–Crippen LogP) is 2.02. The second-order valence-corrected chi connectivity index (χ2v) is 9.25. The molecule has 6 nitrogen and oxygen atoms in total. The van der Waals surface area contributed by atoms with Crippen molar-refractivity contribution in [3.63, 3.8) is 0 Å². The van der Waals surface area contributed by atoms with Gasteiger partial charge < -0.3 is 5.11 Å². The maximum atomic E-state index is 13.3. The Bertz CT molecular complexity index is 1080. The van der Waals surface area contributed by atoms with Crippen molar-refractivity contribution < 1.29 is 23.1 Å². The van der Waals surface area contributed by atoms with Crippen LogP contribution in [0.15, 0.2) is 71.1 Å². The van der Waals surface area contributed by atoms with E-state index in [1.54, 1.807) is 60.5 Å². The average molecular weight is 397 g/mol. The van der Waals surface area contributed by atoms with Crippen LogP contribution in [0.5, 0.6) is 0 Å². The molecule has 0 amide bonds. The van der Waals surface area contributed by atoms with Crippen molar-refractivity contribution in [3.05, 3.63) is 71.8 Å². The number of rotatable bonds is 4. The summed E-state index contributed by atoms with van der Waals surface area (Å²) in [7, 11) is -2.19. The second kappa shape index (κ2) is 6.68. The molecular weight excluding hydrogens is 378 g/mol. The molecule has 0 radical (unpaired) electrons. The van der Waals surface area contributed by atoms with Gasteiger partial charge in [-0.15, -0.1) is 0 Å². The van der Waals surface area contributed by atoms with E-state index >= 15 is 0 Å². The summed E-state index contributed by atoms with van der Waals surface area (Å²) in [4.78, 5) is 27.1. The van der Waals surface area contributed by atoms with E-state index in [2.05, 4.69) is 0 Å². The number of ketones is 1. The molecule has 0 unspecified atom stereocenters. The minimum absolute atomic E-state index is 0.0738. The molecule has 0 spiro atoms. The molecule has 4 rings (SSSR count). The monoisotopic (exact) mass is 397 g/mol. The van der Waals surface area contributed by atoms with Gasteiger partial charge in [0.2, 0.25) is 0 Å². The molecule has 7 heteroatoms. The van der Waals surface area contributed by atoms with Crippen LogP contribution in [0.1, 0.15) is 12.0 Å². The van der Waals surface area contributed by atoms with Crippen LogP contribution < -0.4 is 0 Å². The number of sulfone groups is 1. The summed E-state index contributed by atoms with van der Waals surface area (Å²) in [5, 5.41) is 8.95. The number of nitrogens with zero attached hydrogens (tertiary/aromatic N) is 1. The molecule has 0 aliphatic carbocycles. The zero-order valence-electron chi connectivity index (χ0n) is 15.1. The Morgan fingerprint density at radius 2 is 1.61 bits per heavy atom. The van der Waals surface area contributed by atoms with Crippen LogP contribution >= 0.6 is 0 Å². The summed E-state index contributed by atoms with van der Waals surface area (Å²) in [6, 6.07) is 15.0. The van der Waals surface area contributed by atoms with Crippen molar-refractivity contribution >= 4 is 27.2 Å². The molecule has 2 bridgehead atoms. The lowest BCUT2D eigenvalue weighted by Gasteiger charge is -2.33. The number of fused-ring (bicyclic) bond motifs is 2. The van der Waals surface area contributed by atoms with Gasteiger partial charge in [0.15, 0.2) is 15.6 Å². The highest BCUT2D eigenvalue weighted by Crippen LogP contribution is 2.44. The van der Waals surface area contributed by atoms with Crippen LogP contribution in [0.4, 0.5) is 0 Å². The van der Waals surface area contributed by atoms with Gasteiger partial charge in [0.25, 0.3) is 0 Å². The van der Waals surface area contributed by atoms with Gasteiger partial charge in [0.1, 0.15) is 0 Å². The van der Waals surface area contributed by atoms with E-state index in [9.17, 15) is 23.1 Å². The maximum absolute atomic E-state index is 13.3. The predicted molar refractivity (Wildman–Crippen MR) is 103 cm³/mol. The molecular formula is C21H19NO5S. The first-order valence-electron chi connectivity index (χ1n) is 8.92. The summed E-state index contributed by atoms with van der Waals surface area (Å²) in [6.07, 6.45) is 0.0738. The van der Waals surface area contributed by atoms with Crippen LogP contribution in [0.3, 0.4) is 0 Å². The smallest absolute Gasteiger partial charge is 0.333 e. The van der Waals surface area contributed by atoms with Crippen molar-refractivity contribution in [2.45, 2.75) is 28.6 Å². The summed E-state index contributed by atoms with van der Waals surface area (Å²) in [6.45, 7) is 0. The number of carboxylic acid groups (broad SMARTS) is 1. The van der Waals surface area contributed by atoms with Crippen LogP contribution in [0.25, 0.3) is 5.57 Å². The fourth-order valence-corrected chi connectivity index (χ4v) is 6.31. The fourth-order valence-electron chi connectivity index (χ4n) is 4.32. The van der Waals surface area contributed by atoms with E-state index in [4.69, 9.17) is 0 Å². The van der Waals surface area contributed by atoms with Crippen LogP contribution in [-0.2, 0) is 19.4 Å². The van der Waals surface area contributed by atoms with E-state index in [1.165, 1.54) is 12.1 Å². The van der Waals surface area contributed by atoms with Gasteiger partial charge in [-0.1, -0.05) is 48.5 Å². The molecule has 2 aromatic rings. The second-order valence-electron chi connectivity index (χ2n) is 7.08. The topological polar surface area (TPSA) is 91.8 Å². The third-order valence-electron chi connectivity index (χ3n) is 5.62. The molecule has 1 fully saturated rings. The van der Waals surface area contributed by atoms with E-state index in [0.717, 1.165) is 0 Å². The number of hydrogen-bond donors (Lipinski definition) is 1. The first-order valence-corrected chi connectivity index (χ1v) is 10.5. The molecule has 3 atom stereocenters. The van der Waals surface area contributed by atoms with Crippen molar-refractivity contribution in [2.24, 2.45) is 0 Å². The van der Waals surface area contributed by atoms with Gasteiger partial charge in [-0.25, -0.2) is 13.2 Å². The van der Waals surface area contributed by atoms with Gasteiger partial charge in [-0.3, -0.25) is 9.69 Å². The van der Waals surface area contributed by atoms with Gasteiger partial charge in [0, 0.05) is 5.57 Å². The van der Waals surface area contributed by atoms with Crippen LogP contribution in [0.2, 0.25) is 0 Å². The molecule has 2 heterocycles. The molecule has 2 aromatic carbocycles. The molecule has 2 aliphatic heterocycles. The number of carbonyl (C=O) groups excluding carboxylic acids is 1. The van der Waals surface area contributed by atoms with E-state index in [1.807, 2.05) is 0 Å². The van der Waals surface area contributed by atoms with Crippen molar-refractivity contribution in [3.8, 4) is 0 Å². The third kappa shape index (κ3) is 2.70. The fraction of sp³-hybridized carbons (Fsp3) is 0.238. The highest BCUT2D eigenvalue weighted by atomic mass is 32.2. The van der Waals surface area contributed by atoms with E-state index < -0.39 is 33.1 Å². The summed E-state index contributed by atoms with van der Waals surface area (Å²) in [5.74, 6) is -1.61. The largest absolute Gasteiger partial charge is 0.478 e. The summed E-state index contributed by atoms with van der Waals surface area (Å²) in [5.41, 5.74) is 0.481. The molecule has 0 aromatic heterocycles. The minimum atomic E-state index is -3.81. The minimum Gasteiger partial charge on any atom is -0.478 e. The number of hydrogen-bond acceptors (Lipinski definition) is 5. The molecule has 1 N–H and O–H groups in total. The first kappa shape index (κ1) is 18.6.